The molecule has 0 unspecified atom stereocenters. The first-order valence-electron chi connectivity index (χ1n) is 5.78. The molecule has 2 aliphatic rings. The highest BCUT2D eigenvalue weighted by molar-refractivity contribution is 8.14. The van der Waals surface area contributed by atoms with Crippen LogP contribution in [0.25, 0.3) is 4.13 Å². The second-order valence-electron chi connectivity index (χ2n) is 4.71. The van der Waals surface area contributed by atoms with E-state index >= 15 is 0 Å². The van der Waals surface area contributed by atoms with Gasteiger partial charge in [0.15, 0.2) is 0 Å². The Morgan fingerprint density at radius 2 is 1.56 bits per heavy atom. The molecule has 18 heavy (non-hydrogen) atoms. The predicted octanol–water partition coefficient (Wildman–Crippen LogP) is 2.11. The van der Waals surface area contributed by atoms with Gasteiger partial charge in [0.1, 0.15) is 20.0 Å². The molecule has 0 radical (unpaired) electrons. The molecule has 0 aromatic heterocycles. The largest absolute Gasteiger partial charge is 0.428 e. The van der Waals surface area contributed by atoms with Crippen molar-refractivity contribution in [3.8, 4) is 0 Å². The van der Waals surface area contributed by atoms with Crippen LogP contribution in [-0.2, 0) is 20.0 Å². The lowest BCUT2D eigenvalue weighted by atomic mass is 9.98. The number of rotatable bonds is 1. The van der Waals surface area contributed by atoms with Gasteiger partial charge in [-0.3, -0.25) is 0 Å². The Bertz CT molecular complexity index is 701. The van der Waals surface area contributed by atoms with Crippen LogP contribution in [0.5, 0.6) is 0 Å². The number of fused-ring (bicyclic) bond motifs is 1. The van der Waals surface area contributed by atoms with Crippen LogP contribution < -0.4 is 0 Å². The summed E-state index contributed by atoms with van der Waals surface area (Å²) in [5, 5.41) is 0. The van der Waals surface area contributed by atoms with Crippen LogP contribution in [0.4, 0.5) is 0 Å². The number of nitrogens with zero attached hydrogens (tertiary/aromatic N) is 1. The Morgan fingerprint density at radius 3 is 2.22 bits per heavy atom. The molecule has 98 valence electrons. The van der Waals surface area contributed by atoms with E-state index in [9.17, 15) is 16.8 Å². The van der Waals surface area contributed by atoms with Gasteiger partial charge >= 0.3 is 0 Å². The summed E-state index contributed by atoms with van der Waals surface area (Å²) >= 11 is 0. The lowest BCUT2D eigenvalue weighted by Gasteiger charge is -2.11. The third-order valence-corrected chi connectivity index (χ3v) is 7.05. The first-order chi connectivity index (χ1) is 8.40. The molecule has 7 heteroatoms. The lowest BCUT2D eigenvalue weighted by molar-refractivity contribution is 0.602. The molecule has 1 aromatic carbocycles. The number of sulfonamides is 2. The molecule has 0 bridgehead atoms. The molecule has 1 aliphatic carbocycles. The molecule has 5 nitrogen and oxygen atoms in total. The maximum atomic E-state index is 11.7. The summed E-state index contributed by atoms with van der Waals surface area (Å²) < 4.78 is 49.4. The number of hydrogen-bond donors (Lipinski definition) is 0. The SMILES string of the molecule is O=S1(=O)[N-]S(=O)(=O)c2cc(C3CCCC3)ccc21. The zero-order valence-electron chi connectivity index (χ0n) is 9.53. The minimum Gasteiger partial charge on any atom is -0.428 e. The van der Waals surface area contributed by atoms with Gasteiger partial charge in [-0.05, 0) is 36.5 Å². The first kappa shape index (κ1) is 12.1. The fourth-order valence-corrected chi connectivity index (χ4v) is 6.13. The Morgan fingerprint density at radius 1 is 0.944 bits per heavy atom. The van der Waals surface area contributed by atoms with Gasteiger partial charge in [0.25, 0.3) is 0 Å². The molecule has 0 spiro atoms. The molecule has 0 N–H and O–H groups in total. The molecule has 1 heterocycles. The maximum absolute atomic E-state index is 11.7. The van der Waals surface area contributed by atoms with E-state index in [1.54, 1.807) is 6.07 Å². The molecular weight excluding hydrogens is 274 g/mol. The van der Waals surface area contributed by atoms with Gasteiger partial charge in [-0.25, -0.2) is 16.8 Å². The second kappa shape index (κ2) is 3.79. The molecule has 0 amide bonds. The van der Waals surface area contributed by atoms with Gasteiger partial charge < -0.3 is 4.13 Å². The van der Waals surface area contributed by atoms with Crippen LogP contribution in [0, 0.1) is 0 Å². The van der Waals surface area contributed by atoms with E-state index in [2.05, 4.69) is 4.13 Å². The van der Waals surface area contributed by atoms with E-state index < -0.39 is 20.0 Å². The Labute approximate surface area is 106 Å². The summed E-state index contributed by atoms with van der Waals surface area (Å²) in [7, 11) is -8.04. The topological polar surface area (TPSA) is 82.4 Å². The van der Waals surface area contributed by atoms with Crippen molar-refractivity contribution < 1.29 is 16.8 Å². The summed E-state index contributed by atoms with van der Waals surface area (Å²) in [6.45, 7) is 0. The zero-order valence-corrected chi connectivity index (χ0v) is 11.2. The molecular formula is C11H12NO4S2-. The molecule has 3 rings (SSSR count). The first-order valence-corrected chi connectivity index (χ1v) is 8.66. The van der Waals surface area contributed by atoms with Crippen LogP contribution >= 0.6 is 0 Å². The fourth-order valence-electron chi connectivity index (χ4n) is 2.66. The molecule has 1 saturated carbocycles. The molecule has 1 aliphatic heterocycles. The van der Waals surface area contributed by atoms with Gasteiger partial charge in [0.05, 0.1) is 9.79 Å². The van der Waals surface area contributed by atoms with Crippen LogP contribution in [0.2, 0.25) is 0 Å². The normalized spacial score (nSPS) is 25.1. The summed E-state index contributed by atoms with van der Waals surface area (Å²) in [6.07, 6.45) is 4.33. The van der Waals surface area contributed by atoms with Crippen molar-refractivity contribution in [2.24, 2.45) is 0 Å². The highest BCUT2D eigenvalue weighted by atomic mass is 32.3. The summed E-state index contributed by atoms with van der Waals surface area (Å²) in [5.74, 6) is 0.341. The van der Waals surface area contributed by atoms with Crippen LogP contribution in [0.3, 0.4) is 0 Å². The van der Waals surface area contributed by atoms with Gasteiger partial charge in [0, 0.05) is 0 Å². The van der Waals surface area contributed by atoms with Crippen molar-refractivity contribution >= 4 is 20.0 Å². The summed E-state index contributed by atoms with van der Waals surface area (Å²) in [6, 6.07) is 4.56. The quantitative estimate of drug-likeness (QED) is 0.791. The Balaban J connectivity index is 2.17. The Hall–Kier alpha value is -0.920. The average Bonchev–Trinajstić information content (AvgIpc) is 2.85. The molecule has 0 saturated heterocycles. The smallest absolute Gasteiger partial charge is 0.113 e. The van der Waals surface area contributed by atoms with E-state index in [-0.39, 0.29) is 9.79 Å². The average molecular weight is 286 g/mol. The van der Waals surface area contributed by atoms with Gasteiger partial charge in [-0.1, -0.05) is 18.9 Å². The van der Waals surface area contributed by atoms with Gasteiger partial charge in [-0.2, -0.15) is 0 Å². The van der Waals surface area contributed by atoms with E-state index in [4.69, 9.17) is 0 Å². The minimum atomic E-state index is -4.03. The van der Waals surface area contributed by atoms with Crippen molar-refractivity contribution in [3.05, 3.63) is 27.9 Å². The monoisotopic (exact) mass is 286 g/mol. The van der Waals surface area contributed by atoms with Crippen LogP contribution in [0.1, 0.15) is 37.2 Å². The molecule has 1 fully saturated rings. The molecule has 0 atom stereocenters. The van der Waals surface area contributed by atoms with E-state index in [0.29, 0.717) is 5.92 Å². The second-order valence-corrected chi connectivity index (χ2v) is 8.09. The van der Waals surface area contributed by atoms with Crippen LogP contribution in [0.15, 0.2) is 28.0 Å². The van der Waals surface area contributed by atoms with Gasteiger partial charge in [-0.15, -0.1) is 0 Å². The lowest BCUT2D eigenvalue weighted by Crippen LogP contribution is -1.97. The molecule has 1 aromatic rings. The summed E-state index contributed by atoms with van der Waals surface area (Å²) in [5.41, 5.74) is 0.905. The zero-order chi connectivity index (χ0) is 13.0. The fraction of sp³-hybridized carbons (Fsp3) is 0.455. The van der Waals surface area contributed by atoms with Crippen molar-refractivity contribution in [2.75, 3.05) is 0 Å². The summed E-state index contributed by atoms with van der Waals surface area (Å²) in [4.78, 5) is -0.351. The standard InChI is InChI=1S/C11H12NO4S2/c13-17(14)10-6-5-9(8-3-1-2-4-8)7-11(10)18(15,16)12-17/h5-8H,1-4H2/q-1. The third kappa shape index (κ3) is 1.77. The van der Waals surface area contributed by atoms with Crippen molar-refractivity contribution in [1.29, 1.82) is 0 Å². The van der Waals surface area contributed by atoms with Crippen LogP contribution in [-0.4, -0.2) is 16.8 Å². The number of benzene rings is 1. The van der Waals surface area contributed by atoms with E-state index in [1.165, 1.54) is 12.1 Å². The minimum absolute atomic E-state index is 0.160. The van der Waals surface area contributed by atoms with E-state index in [0.717, 1.165) is 31.2 Å². The number of hydrogen-bond acceptors (Lipinski definition) is 4. The predicted molar refractivity (Wildman–Crippen MR) is 65.4 cm³/mol. The highest BCUT2D eigenvalue weighted by Gasteiger charge is 2.29. The third-order valence-electron chi connectivity index (χ3n) is 3.55. The van der Waals surface area contributed by atoms with E-state index in [1.807, 2.05) is 0 Å². The van der Waals surface area contributed by atoms with Crippen molar-refractivity contribution in [1.82, 2.24) is 0 Å². The highest BCUT2D eigenvalue weighted by Crippen LogP contribution is 2.42. The van der Waals surface area contributed by atoms with Crippen molar-refractivity contribution in [3.63, 3.8) is 0 Å². The maximum Gasteiger partial charge on any atom is 0.113 e. The Kier molecular flexibility index (Phi) is 2.55. The van der Waals surface area contributed by atoms with Crippen molar-refractivity contribution in [2.45, 2.75) is 41.4 Å². The van der Waals surface area contributed by atoms with Gasteiger partial charge in [0.2, 0.25) is 0 Å².